The maximum Gasteiger partial charge on any atom is 0.0412 e. The van der Waals surface area contributed by atoms with Crippen LogP contribution in [0, 0.1) is 6.92 Å². The molecule has 0 nitrogen and oxygen atoms in total. The SMILES string of the molecule is [CH2]CCC1=CCc2ccc(Cl)cc21. The zero-order valence-electron chi connectivity index (χ0n) is 7.52. The van der Waals surface area contributed by atoms with Crippen molar-refractivity contribution in [2.45, 2.75) is 19.3 Å². The average molecular weight is 192 g/mol. The van der Waals surface area contributed by atoms with Crippen molar-refractivity contribution in [3.8, 4) is 0 Å². The van der Waals surface area contributed by atoms with Crippen LogP contribution in [0.25, 0.3) is 5.57 Å². The third kappa shape index (κ3) is 1.64. The largest absolute Gasteiger partial charge is 0.0843 e. The minimum absolute atomic E-state index is 0.829. The first-order chi connectivity index (χ1) is 6.31. The molecule has 2 rings (SSSR count). The van der Waals surface area contributed by atoms with Crippen LogP contribution in [-0.2, 0) is 6.42 Å². The Balaban J connectivity index is 2.36. The van der Waals surface area contributed by atoms with Gasteiger partial charge in [-0.05, 0) is 48.1 Å². The van der Waals surface area contributed by atoms with Crippen LogP contribution in [0.4, 0.5) is 0 Å². The fourth-order valence-electron chi connectivity index (χ4n) is 1.80. The smallest absolute Gasteiger partial charge is 0.0412 e. The Kier molecular flexibility index (Phi) is 2.41. The summed E-state index contributed by atoms with van der Waals surface area (Å²) in [4.78, 5) is 0. The van der Waals surface area contributed by atoms with Crippen LogP contribution in [0.15, 0.2) is 24.3 Å². The molecule has 0 bridgehead atoms. The molecule has 0 heterocycles. The first-order valence-corrected chi connectivity index (χ1v) is 4.96. The first-order valence-electron chi connectivity index (χ1n) is 4.58. The van der Waals surface area contributed by atoms with Crippen molar-refractivity contribution in [1.29, 1.82) is 0 Å². The summed E-state index contributed by atoms with van der Waals surface area (Å²) in [7, 11) is 0. The van der Waals surface area contributed by atoms with E-state index in [2.05, 4.69) is 25.1 Å². The van der Waals surface area contributed by atoms with Gasteiger partial charge in [0.05, 0.1) is 0 Å². The molecule has 67 valence electrons. The van der Waals surface area contributed by atoms with Gasteiger partial charge in [-0.15, -0.1) is 0 Å². The van der Waals surface area contributed by atoms with Crippen molar-refractivity contribution in [2.75, 3.05) is 0 Å². The normalized spacial score (nSPS) is 14.2. The predicted molar refractivity (Wildman–Crippen MR) is 57.7 cm³/mol. The fourth-order valence-corrected chi connectivity index (χ4v) is 1.97. The predicted octanol–water partition coefficient (Wildman–Crippen LogP) is 3.89. The van der Waals surface area contributed by atoms with Gasteiger partial charge in [0.15, 0.2) is 0 Å². The van der Waals surface area contributed by atoms with Gasteiger partial charge in [-0.25, -0.2) is 0 Å². The fraction of sp³-hybridized carbons (Fsp3) is 0.250. The molecule has 0 spiro atoms. The molecular formula is C12H12Cl. The van der Waals surface area contributed by atoms with Gasteiger partial charge in [0, 0.05) is 5.02 Å². The Morgan fingerprint density at radius 1 is 1.38 bits per heavy atom. The van der Waals surface area contributed by atoms with Gasteiger partial charge >= 0.3 is 0 Å². The summed E-state index contributed by atoms with van der Waals surface area (Å²) in [6.07, 6.45) is 5.36. The van der Waals surface area contributed by atoms with Gasteiger partial charge in [-0.3, -0.25) is 0 Å². The molecule has 1 aliphatic carbocycles. The van der Waals surface area contributed by atoms with Crippen LogP contribution in [0.3, 0.4) is 0 Å². The summed E-state index contributed by atoms with van der Waals surface area (Å²) in [5.74, 6) is 0. The van der Waals surface area contributed by atoms with Crippen molar-refractivity contribution in [2.24, 2.45) is 0 Å². The highest BCUT2D eigenvalue weighted by atomic mass is 35.5. The summed E-state index contributed by atoms with van der Waals surface area (Å²) in [5, 5.41) is 0.829. The summed E-state index contributed by atoms with van der Waals surface area (Å²) in [5.41, 5.74) is 4.14. The molecule has 13 heavy (non-hydrogen) atoms. The molecule has 0 amide bonds. The lowest BCUT2D eigenvalue weighted by Gasteiger charge is -2.04. The van der Waals surface area contributed by atoms with Crippen molar-refractivity contribution in [1.82, 2.24) is 0 Å². The van der Waals surface area contributed by atoms with Crippen LogP contribution >= 0.6 is 11.6 Å². The van der Waals surface area contributed by atoms with E-state index in [1.54, 1.807) is 0 Å². The molecule has 0 atom stereocenters. The minimum Gasteiger partial charge on any atom is -0.0843 e. The molecule has 0 aliphatic heterocycles. The second-order valence-corrected chi connectivity index (χ2v) is 3.77. The minimum atomic E-state index is 0.829. The zero-order valence-corrected chi connectivity index (χ0v) is 8.27. The highest BCUT2D eigenvalue weighted by Crippen LogP contribution is 2.32. The van der Waals surface area contributed by atoms with Crippen LogP contribution < -0.4 is 0 Å². The van der Waals surface area contributed by atoms with Crippen molar-refractivity contribution in [3.05, 3.63) is 47.3 Å². The standard InChI is InChI=1S/C12H12Cl/c1-2-3-9-4-5-10-6-7-11(13)8-12(9)10/h4,6-8H,1-3,5H2. The molecule has 1 heteroatoms. The van der Waals surface area contributed by atoms with E-state index in [0.29, 0.717) is 0 Å². The summed E-state index contributed by atoms with van der Waals surface area (Å²) in [6, 6.07) is 6.14. The lowest BCUT2D eigenvalue weighted by atomic mass is 10.0. The lowest BCUT2D eigenvalue weighted by molar-refractivity contribution is 1.07. The lowest BCUT2D eigenvalue weighted by Crippen LogP contribution is -1.84. The van der Waals surface area contributed by atoms with Gasteiger partial charge < -0.3 is 0 Å². The maximum absolute atomic E-state index is 5.95. The average Bonchev–Trinajstić information content (AvgIpc) is 2.49. The van der Waals surface area contributed by atoms with E-state index in [9.17, 15) is 0 Å². The molecule has 1 radical (unpaired) electrons. The Morgan fingerprint density at radius 3 is 3.00 bits per heavy atom. The van der Waals surface area contributed by atoms with E-state index in [1.165, 1.54) is 16.7 Å². The number of hydrogen-bond donors (Lipinski definition) is 0. The van der Waals surface area contributed by atoms with Gasteiger partial charge in [0.2, 0.25) is 0 Å². The Labute approximate surface area is 84.2 Å². The van der Waals surface area contributed by atoms with Crippen LogP contribution in [0.2, 0.25) is 5.02 Å². The number of fused-ring (bicyclic) bond motifs is 1. The molecule has 1 aromatic carbocycles. The summed E-state index contributed by atoms with van der Waals surface area (Å²) < 4.78 is 0. The highest BCUT2D eigenvalue weighted by molar-refractivity contribution is 6.30. The topological polar surface area (TPSA) is 0 Å². The molecule has 0 saturated carbocycles. The Hall–Kier alpha value is -0.750. The number of halogens is 1. The molecule has 0 unspecified atom stereocenters. The van der Waals surface area contributed by atoms with E-state index in [0.717, 1.165) is 24.3 Å². The number of allylic oxidation sites excluding steroid dienone is 2. The van der Waals surface area contributed by atoms with Crippen molar-refractivity contribution >= 4 is 17.2 Å². The van der Waals surface area contributed by atoms with Crippen molar-refractivity contribution in [3.63, 3.8) is 0 Å². The van der Waals surface area contributed by atoms with E-state index < -0.39 is 0 Å². The highest BCUT2D eigenvalue weighted by Gasteiger charge is 2.12. The summed E-state index contributed by atoms with van der Waals surface area (Å²) >= 11 is 5.95. The van der Waals surface area contributed by atoms with Gasteiger partial charge in [0.1, 0.15) is 0 Å². The molecule has 0 N–H and O–H groups in total. The molecule has 0 saturated heterocycles. The number of rotatable bonds is 2. The second kappa shape index (κ2) is 3.55. The third-order valence-corrected chi connectivity index (χ3v) is 2.67. The monoisotopic (exact) mass is 191 g/mol. The van der Waals surface area contributed by atoms with Crippen molar-refractivity contribution < 1.29 is 0 Å². The third-order valence-electron chi connectivity index (χ3n) is 2.43. The number of hydrogen-bond acceptors (Lipinski definition) is 0. The molecule has 1 aromatic rings. The zero-order chi connectivity index (χ0) is 9.26. The van der Waals surface area contributed by atoms with E-state index in [4.69, 9.17) is 11.6 Å². The number of benzene rings is 1. The first kappa shape index (κ1) is 8.83. The summed E-state index contributed by atoms with van der Waals surface area (Å²) in [6.45, 7) is 3.87. The van der Waals surface area contributed by atoms with Crippen LogP contribution in [0.1, 0.15) is 24.0 Å². The van der Waals surface area contributed by atoms with Gasteiger partial charge in [0.25, 0.3) is 0 Å². The molecule has 1 aliphatic rings. The van der Waals surface area contributed by atoms with E-state index >= 15 is 0 Å². The second-order valence-electron chi connectivity index (χ2n) is 3.34. The maximum atomic E-state index is 5.95. The van der Waals surface area contributed by atoms with Crippen LogP contribution in [-0.4, -0.2) is 0 Å². The molecule has 0 aromatic heterocycles. The Bertz CT molecular complexity index is 350. The quantitative estimate of drug-likeness (QED) is 0.665. The molecule has 0 fully saturated rings. The van der Waals surface area contributed by atoms with Gasteiger partial charge in [-0.2, -0.15) is 0 Å². The molecular weight excluding hydrogens is 180 g/mol. The van der Waals surface area contributed by atoms with E-state index in [1.807, 2.05) is 6.07 Å². The Morgan fingerprint density at radius 2 is 2.23 bits per heavy atom. The van der Waals surface area contributed by atoms with E-state index in [-0.39, 0.29) is 0 Å². The van der Waals surface area contributed by atoms with Gasteiger partial charge in [-0.1, -0.05) is 30.7 Å². The van der Waals surface area contributed by atoms with Crippen LogP contribution in [0.5, 0.6) is 0 Å².